The summed E-state index contributed by atoms with van der Waals surface area (Å²) in [5, 5.41) is 0. The van der Waals surface area contributed by atoms with Crippen LogP contribution in [0.2, 0.25) is 0 Å². The number of hydrogen-bond acceptors (Lipinski definition) is 1. The van der Waals surface area contributed by atoms with Crippen LogP contribution in [0.5, 0.6) is 0 Å². The molecule has 0 aromatic heterocycles. The van der Waals surface area contributed by atoms with Crippen molar-refractivity contribution in [3.8, 4) is 0 Å². The molecule has 0 aliphatic rings. The normalized spacial score (nSPS) is 13.2. The van der Waals surface area contributed by atoms with Crippen LogP contribution < -0.4 is 16.4 Å². The van der Waals surface area contributed by atoms with Crippen LogP contribution in [0.3, 0.4) is 0 Å². The van der Waals surface area contributed by atoms with Crippen molar-refractivity contribution >= 4 is 23.1 Å². The predicted molar refractivity (Wildman–Crippen MR) is 113 cm³/mol. The maximum absolute atomic E-state index is 5.71. The Morgan fingerprint density at radius 3 is 1.62 bits per heavy atom. The number of ether oxygens (including phenoxy) is 1. The van der Waals surface area contributed by atoms with E-state index in [1.807, 2.05) is 0 Å². The molecule has 0 fully saturated rings. The van der Waals surface area contributed by atoms with Crippen molar-refractivity contribution in [1.29, 1.82) is 0 Å². The van der Waals surface area contributed by atoms with Crippen molar-refractivity contribution in [2.45, 2.75) is 32.3 Å². The second-order valence-corrected chi connectivity index (χ2v) is 7.18. The average Bonchev–Trinajstić information content (AvgIpc) is 2.71. The van der Waals surface area contributed by atoms with Crippen LogP contribution in [0.25, 0.3) is 0 Å². The van der Waals surface area contributed by atoms with Crippen molar-refractivity contribution in [3.05, 3.63) is 90.5 Å². The van der Waals surface area contributed by atoms with Crippen molar-refractivity contribution < 1.29 is 4.74 Å². The van der Waals surface area contributed by atoms with Crippen molar-refractivity contribution in [1.82, 2.24) is 0 Å². The number of rotatable bonds is 7. The van der Waals surface area contributed by atoms with Gasteiger partial charge in [0.25, 0.3) is 0 Å². The third kappa shape index (κ3) is 4.26. The maximum Gasteiger partial charge on any atom is 0.241 e. The first-order chi connectivity index (χ1) is 12.6. The second-order valence-electron chi connectivity index (χ2n) is 7.18. The van der Waals surface area contributed by atoms with Gasteiger partial charge in [-0.15, -0.1) is 0 Å². The Kier molecular flexibility index (Phi) is 5.95. The first-order valence-electron chi connectivity index (χ1n) is 9.39. The van der Waals surface area contributed by atoms with Gasteiger partial charge in [0, 0.05) is 13.5 Å². The van der Waals surface area contributed by atoms with E-state index in [1.165, 1.54) is 22.0 Å². The van der Waals surface area contributed by atoms with E-state index in [2.05, 4.69) is 98.8 Å². The molecule has 0 N–H and O–H groups in total. The standard InChI is InChI=1S/C24H27BO/c1-4-24(2,26-3)19-20-15-17-23(18-16-20)25(21-11-7-5-8-12-21)22-13-9-6-10-14-22/h5-18H,4,19H2,1-3H3. The van der Waals surface area contributed by atoms with E-state index in [1.54, 1.807) is 7.11 Å². The van der Waals surface area contributed by atoms with E-state index >= 15 is 0 Å². The van der Waals surface area contributed by atoms with Crippen LogP contribution in [0.15, 0.2) is 84.9 Å². The molecular formula is C24H27BO. The molecular weight excluding hydrogens is 315 g/mol. The fourth-order valence-electron chi connectivity index (χ4n) is 3.47. The van der Waals surface area contributed by atoms with Crippen LogP contribution in [0.4, 0.5) is 0 Å². The lowest BCUT2D eigenvalue weighted by Gasteiger charge is -2.27. The van der Waals surface area contributed by atoms with Crippen LogP contribution in [0, 0.1) is 0 Å². The Balaban J connectivity index is 1.93. The molecule has 3 aromatic carbocycles. The number of benzene rings is 3. The zero-order valence-electron chi connectivity index (χ0n) is 16.0. The minimum Gasteiger partial charge on any atom is -0.378 e. The minimum atomic E-state index is -0.0974. The molecule has 0 aliphatic carbocycles. The van der Waals surface area contributed by atoms with E-state index < -0.39 is 0 Å². The summed E-state index contributed by atoms with van der Waals surface area (Å²) in [6.45, 7) is 4.61. The van der Waals surface area contributed by atoms with Gasteiger partial charge in [0.1, 0.15) is 0 Å². The summed E-state index contributed by atoms with van der Waals surface area (Å²) < 4.78 is 5.71. The highest BCUT2D eigenvalue weighted by atomic mass is 16.5. The molecule has 132 valence electrons. The predicted octanol–water partition coefficient (Wildman–Crippen LogP) is 3.56. The Morgan fingerprint density at radius 2 is 1.19 bits per heavy atom. The summed E-state index contributed by atoms with van der Waals surface area (Å²) in [7, 11) is 1.80. The molecule has 3 aromatic rings. The van der Waals surface area contributed by atoms with Gasteiger partial charge in [-0.2, -0.15) is 0 Å². The average molecular weight is 342 g/mol. The zero-order chi connectivity index (χ0) is 18.4. The lowest BCUT2D eigenvalue weighted by molar-refractivity contribution is 0.00328. The van der Waals surface area contributed by atoms with Gasteiger partial charge in [0.2, 0.25) is 6.71 Å². The van der Waals surface area contributed by atoms with Crippen LogP contribution in [-0.4, -0.2) is 19.4 Å². The summed E-state index contributed by atoms with van der Waals surface area (Å²) >= 11 is 0. The van der Waals surface area contributed by atoms with E-state index in [0.717, 1.165) is 12.8 Å². The summed E-state index contributed by atoms with van der Waals surface area (Å²) in [5.41, 5.74) is 5.19. The Labute approximate surface area is 158 Å². The highest BCUT2D eigenvalue weighted by Crippen LogP contribution is 2.20. The van der Waals surface area contributed by atoms with Gasteiger partial charge in [-0.1, -0.05) is 108 Å². The molecule has 1 nitrogen and oxygen atoms in total. The smallest absolute Gasteiger partial charge is 0.241 e. The molecule has 0 saturated heterocycles. The van der Waals surface area contributed by atoms with E-state index in [-0.39, 0.29) is 12.3 Å². The molecule has 0 amide bonds. The van der Waals surface area contributed by atoms with E-state index in [9.17, 15) is 0 Å². The topological polar surface area (TPSA) is 9.23 Å². The third-order valence-corrected chi connectivity index (χ3v) is 5.40. The zero-order valence-corrected chi connectivity index (χ0v) is 16.0. The summed E-state index contributed by atoms with van der Waals surface area (Å²) in [6.07, 6.45) is 1.93. The molecule has 0 spiro atoms. The molecule has 2 heteroatoms. The largest absolute Gasteiger partial charge is 0.378 e. The molecule has 3 rings (SSSR count). The van der Waals surface area contributed by atoms with Gasteiger partial charge < -0.3 is 4.74 Å². The first kappa shape index (κ1) is 18.5. The molecule has 0 bridgehead atoms. The minimum absolute atomic E-state index is 0.0974. The molecule has 0 saturated carbocycles. The Bertz CT molecular complexity index is 753. The molecule has 0 radical (unpaired) electrons. The maximum atomic E-state index is 5.71. The summed E-state index contributed by atoms with van der Waals surface area (Å²) in [5.74, 6) is 0. The van der Waals surface area contributed by atoms with E-state index in [4.69, 9.17) is 4.74 Å². The van der Waals surface area contributed by atoms with Crippen molar-refractivity contribution in [3.63, 3.8) is 0 Å². The first-order valence-corrected chi connectivity index (χ1v) is 9.39. The SMILES string of the molecule is CCC(C)(Cc1ccc(B(c2ccccc2)c2ccccc2)cc1)OC. The molecule has 0 heterocycles. The molecule has 1 unspecified atom stereocenters. The fraction of sp³-hybridized carbons (Fsp3) is 0.250. The van der Waals surface area contributed by atoms with Gasteiger partial charge in [-0.3, -0.25) is 0 Å². The van der Waals surface area contributed by atoms with Gasteiger partial charge in [-0.05, 0) is 18.9 Å². The van der Waals surface area contributed by atoms with Crippen LogP contribution in [-0.2, 0) is 11.2 Å². The molecule has 1 atom stereocenters. The highest BCUT2D eigenvalue weighted by Gasteiger charge is 2.23. The third-order valence-electron chi connectivity index (χ3n) is 5.40. The number of methoxy groups -OCH3 is 1. The fourth-order valence-corrected chi connectivity index (χ4v) is 3.47. The monoisotopic (exact) mass is 342 g/mol. The highest BCUT2D eigenvalue weighted by molar-refractivity contribution is 6.95. The summed E-state index contributed by atoms with van der Waals surface area (Å²) in [6, 6.07) is 30.5. The van der Waals surface area contributed by atoms with Gasteiger partial charge in [0.05, 0.1) is 5.60 Å². The van der Waals surface area contributed by atoms with E-state index in [0.29, 0.717) is 0 Å². The second kappa shape index (κ2) is 8.38. The number of hydrogen-bond donors (Lipinski definition) is 0. The molecule has 0 aliphatic heterocycles. The van der Waals surface area contributed by atoms with Gasteiger partial charge in [0.15, 0.2) is 0 Å². The summed E-state index contributed by atoms with van der Waals surface area (Å²) in [4.78, 5) is 0. The van der Waals surface area contributed by atoms with Gasteiger partial charge in [-0.25, -0.2) is 0 Å². The van der Waals surface area contributed by atoms with Crippen molar-refractivity contribution in [2.24, 2.45) is 0 Å². The quantitative estimate of drug-likeness (QED) is 0.597. The Hall–Kier alpha value is -2.32. The lowest BCUT2D eigenvalue weighted by Crippen LogP contribution is -2.51. The Morgan fingerprint density at radius 1 is 0.731 bits per heavy atom. The lowest BCUT2D eigenvalue weighted by atomic mass is 9.37. The van der Waals surface area contributed by atoms with Crippen LogP contribution >= 0.6 is 0 Å². The van der Waals surface area contributed by atoms with Crippen LogP contribution in [0.1, 0.15) is 25.8 Å². The van der Waals surface area contributed by atoms with Gasteiger partial charge >= 0.3 is 0 Å². The molecule has 26 heavy (non-hydrogen) atoms. The van der Waals surface area contributed by atoms with Crippen molar-refractivity contribution in [2.75, 3.05) is 7.11 Å².